The van der Waals surface area contributed by atoms with Gasteiger partial charge in [0, 0.05) is 13.1 Å². The van der Waals surface area contributed by atoms with Crippen LogP contribution in [0, 0.1) is 5.82 Å². The Bertz CT molecular complexity index is 695. The van der Waals surface area contributed by atoms with Crippen LogP contribution in [0.4, 0.5) is 4.39 Å². The molecule has 0 unspecified atom stereocenters. The summed E-state index contributed by atoms with van der Waals surface area (Å²) in [6.45, 7) is 3.75. The van der Waals surface area contributed by atoms with Crippen LogP contribution in [0.25, 0.3) is 0 Å². The zero-order valence-electron chi connectivity index (χ0n) is 14.9. The number of carbonyl (C=O) groups excluding carboxylic acids is 1. The third-order valence-electron chi connectivity index (χ3n) is 4.55. The SMILES string of the molecule is O=C(COc1ccc(F)cc1)NCc1ccc(CN2CCCCC2)cc1. The lowest BCUT2D eigenvalue weighted by Gasteiger charge is -2.26. The molecule has 138 valence electrons. The molecule has 5 heteroatoms. The quantitative estimate of drug-likeness (QED) is 0.825. The molecule has 0 saturated carbocycles. The summed E-state index contributed by atoms with van der Waals surface area (Å²) in [4.78, 5) is 14.4. The van der Waals surface area contributed by atoms with Crippen molar-refractivity contribution >= 4 is 5.91 Å². The van der Waals surface area contributed by atoms with Crippen molar-refractivity contribution < 1.29 is 13.9 Å². The Balaban J connectivity index is 1.39. The average molecular weight is 356 g/mol. The third-order valence-corrected chi connectivity index (χ3v) is 4.55. The van der Waals surface area contributed by atoms with Gasteiger partial charge in [0.15, 0.2) is 6.61 Å². The number of piperidine rings is 1. The number of nitrogens with zero attached hydrogens (tertiary/aromatic N) is 1. The number of hydrogen-bond donors (Lipinski definition) is 1. The standard InChI is InChI=1S/C21H25FN2O2/c22-19-8-10-20(11-9-19)26-16-21(25)23-14-17-4-6-18(7-5-17)15-24-12-2-1-3-13-24/h4-11H,1-3,12-16H2,(H,23,25). The molecule has 0 atom stereocenters. The van der Waals surface area contributed by atoms with Crippen LogP contribution in [0.3, 0.4) is 0 Å². The molecule has 1 aliphatic heterocycles. The highest BCUT2D eigenvalue weighted by Gasteiger charge is 2.10. The van der Waals surface area contributed by atoms with E-state index in [2.05, 4.69) is 34.5 Å². The summed E-state index contributed by atoms with van der Waals surface area (Å²) in [5.41, 5.74) is 2.36. The Labute approximate surface area is 154 Å². The van der Waals surface area contributed by atoms with Gasteiger partial charge in [-0.1, -0.05) is 30.7 Å². The third kappa shape index (κ3) is 5.85. The zero-order valence-corrected chi connectivity index (χ0v) is 14.9. The van der Waals surface area contributed by atoms with Gasteiger partial charge >= 0.3 is 0 Å². The van der Waals surface area contributed by atoms with Crippen LogP contribution in [-0.2, 0) is 17.9 Å². The van der Waals surface area contributed by atoms with Crippen molar-refractivity contribution in [2.45, 2.75) is 32.4 Å². The van der Waals surface area contributed by atoms with Crippen molar-refractivity contribution in [2.24, 2.45) is 0 Å². The van der Waals surface area contributed by atoms with E-state index in [4.69, 9.17) is 4.74 Å². The van der Waals surface area contributed by atoms with Crippen LogP contribution in [0.2, 0.25) is 0 Å². The Kier molecular flexibility index (Phi) is 6.61. The summed E-state index contributed by atoms with van der Waals surface area (Å²) in [5, 5.41) is 2.83. The van der Waals surface area contributed by atoms with Crippen LogP contribution in [0.1, 0.15) is 30.4 Å². The van der Waals surface area contributed by atoms with Crippen molar-refractivity contribution in [3.8, 4) is 5.75 Å². The maximum atomic E-state index is 12.8. The van der Waals surface area contributed by atoms with E-state index in [0.717, 1.165) is 12.1 Å². The number of carbonyl (C=O) groups is 1. The zero-order chi connectivity index (χ0) is 18.2. The largest absolute Gasteiger partial charge is 0.484 e. The monoisotopic (exact) mass is 356 g/mol. The minimum absolute atomic E-state index is 0.0846. The first-order valence-corrected chi connectivity index (χ1v) is 9.14. The summed E-state index contributed by atoms with van der Waals surface area (Å²) in [5.74, 6) is -0.0548. The van der Waals surface area contributed by atoms with Gasteiger partial charge in [-0.3, -0.25) is 9.69 Å². The van der Waals surface area contributed by atoms with E-state index >= 15 is 0 Å². The van der Waals surface area contributed by atoms with Crippen LogP contribution < -0.4 is 10.1 Å². The van der Waals surface area contributed by atoms with Gasteiger partial charge in [-0.2, -0.15) is 0 Å². The minimum atomic E-state index is -0.328. The van der Waals surface area contributed by atoms with Gasteiger partial charge < -0.3 is 10.1 Å². The van der Waals surface area contributed by atoms with Crippen molar-refractivity contribution in [3.63, 3.8) is 0 Å². The Morgan fingerprint density at radius 2 is 1.62 bits per heavy atom. The van der Waals surface area contributed by atoms with E-state index < -0.39 is 0 Å². The number of benzene rings is 2. The Morgan fingerprint density at radius 3 is 2.31 bits per heavy atom. The fourth-order valence-corrected chi connectivity index (χ4v) is 3.07. The van der Waals surface area contributed by atoms with Gasteiger partial charge in [0.2, 0.25) is 0 Å². The molecular formula is C21H25FN2O2. The second kappa shape index (κ2) is 9.34. The molecule has 1 N–H and O–H groups in total. The van der Waals surface area contributed by atoms with Crippen molar-refractivity contribution in [1.82, 2.24) is 10.2 Å². The number of nitrogens with one attached hydrogen (secondary N) is 1. The van der Waals surface area contributed by atoms with Gasteiger partial charge in [-0.25, -0.2) is 4.39 Å². The lowest BCUT2D eigenvalue weighted by molar-refractivity contribution is -0.123. The maximum Gasteiger partial charge on any atom is 0.258 e. The van der Waals surface area contributed by atoms with Crippen LogP contribution >= 0.6 is 0 Å². The maximum absolute atomic E-state index is 12.8. The van der Waals surface area contributed by atoms with E-state index in [-0.39, 0.29) is 18.3 Å². The van der Waals surface area contributed by atoms with Gasteiger partial charge in [-0.05, 0) is 61.3 Å². The number of amides is 1. The highest BCUT2D eigenvalue weighted by molar-refractivity contribution is 5.77. The number of ether oxygens (including phenoxy) is 1. The van der Waals surface area contributed by atoms with E-state index in [0.29, 0.717) is 12.3 Å². The van der Waals surface area contributed by atoms with Crippen molar-refractivity contribution in [2.75, 3.05) is 19.7 Å². The molecule has 3 rings (SSSR count). The van der Waals surface area contributed by atoms with Crippen LogP contribution in [0.5, 0.6) is 5.75 Å². The molecular weight excluding hydrogens is 331 g/mol. The van der Waals surface area contributed by atoms with E-state index in [9.17, 15) is 9.18 Å². The molecule has 26 heavy (non-hydrogen) atoms. The molecule has 2 aromatic carbocycles. The molecule has 0 aliphatic carbocycles. The molecule has 1 aliphatic rings. The number of halogens is 1. The Hall–Kier alpha value is -2.40. The highest BCUT2D eigenvalue weighted by Crippen LogP contribution is 2.14. The number of rotatable bonds is 7. The first-order valence-electron chi connectivity index (χ1n) is 9.14. The molecule has 0 aromatic heterocycles. The number of hydrogen-bond acceptors (Lipinski definition) is 3. The molecule has 0 spiro atoms. The van der Waals surface area contributed by atoms with Gasteiger partial charge in [0.25, 0.3) is 5.91 Å². The van der Waals surface area contributed by atoms with Crippen LogP contribution in [0.15, 0.2) is 48.5 Å². The smallest absolute Gasteiger partial charge is 0.258 e. The minimum Gasteiger partial charge on any atom is -0.484 e. The van der Waals surface area contributed by atoms with Crippen LogP contribution in [-0.4, -0.2) is 30.5 Å². The fraction of sp³-hybridized carbons (Fsp3) is 0.381. The normalized spacial score (nSPS) is 14.8. The van der Waals surface area contributed by atoms with E-state index in [1.54, 1.807) is 0 Å². The molecule has 4 nitrogen and oxygen atoms in total. The van der Waals surface area contributed by atoms with E-state index in [1.807, 2.05) is 0 Å². The average Bonchev–Trinajstić information content (AvgIpc) is 2.68. The first-order chi connectivity index (χ1) is 12.7. The highest BCUT2D eigenvalue weighted by atomic mass is 19.1. The first kappa shape index (κ1) is 18.4. The fourth-order valence-electron chi connectivity index (χ4n) is 3.07. The molecule has 1 heterocycles. The summed E-state index contributed by atoms with van der Waals surface area (Å²) in [6.07, 6.45) is 3.94. The van der Waals surface area contributed by atoms with Crippen molar-refractivity contribution in [3.05, 3.63) is 65.5 Å². The second-order valence-corrected chi connectivity index (χ2v) is 6.67. The second-order valence-electron chi connectivity index (χ2n) is 6.67. The predicted octanol–water partition coefficient (Wildman–Crippen LogP) is 3.51. The molecule has 1 amide bonds. The topological polar surface area (TPSA) is 41.6 Å². The molecule has 1 fully saturated rings. The lowest BCUT2D eigenvalue weighted by Crippen LogP contribution is -2.29. The molecule has 0 bridgehead atoms. The predicted molar refractivity (Wildman–Crippen MR) is 99.3 cm³/mol. The summed E-state index contributed by atoms with van der Waals surface area (Å²) < 4.78 is 18.1. The van der Waals surface area contributed by atoms with E-state index in [1.165, 1.54) is 62.2 Å². The van der Waals surface area contributed by atoms with Gasteiger partial charge in [-0.15, -0.1) is 0 Å². The van der Waals surface area contributed by atoms with Crippen molar-refractivity contribution in [1.29, 1.82) is 0 Å². The molecule has 1 saturated heterocycles. The lowest BCUT2D eigenvalue weighted by atomic mass is 10.1. The summed E-state index contributed by atoms with van der Waals surface area (Å²) in [7, 11) is 0. The Morgan fingerprint density at radius 1 is 0.962 bits per heavy atom. The summed E-state index contributed by atoms with van der Waals surface area (Å²) in [6, 6.07) is 14.0. The number of likely N-dealkylation sites (tertiary alicyclic amines) is 1. The molecule has 2 aromatic rings. The van der Waals surface area contributed by atoms with Gasteiger partial charge in [0.1, 0.15) is 11.6 Å². The summed E-state index contributed by atoms with van der Waals surface area (Å²) >= 11 is 0. The molecule has 0 radical (unpaired) electrons. The van der Waals surface area contributed by atoms with Gasteiger partial charge in [0.05, 0.1) is 0 Å².